The first-order valence-corrected chi connectivity index (χ1v) is 7.57. The van der Waals surface area contributed by atoms with Crippen molar-refractivity contribution in [2.45, 2.75) is 6.54 Å². The van der Waals surface area contributed by atoms with E-state index in [9.17, 15) is 10.1 Å². The predicted octanol–water partition coefficient (Wildman–Crippen LogP) is 2.94. The number of ether oxygens (including phenoxy) is 2. The molecule has 0 N–H and O–H groups in total. The molecule has 1 aromatic carbocycles. The van der Waals surface area contributed by atoms with Gasteiger partial charge in [-0.05, 0) is 24.3 Å². The molecule has 3 rings (SSSR count). The third-order valence-corrected chi connectivity index (χ3v) is 3.56. The van der Waals surface area contributed by atoms with Gasteiger partial charge in [-0.1, -0.05) is 6.07 Å². The van der Waals surface area contributed by atoms with Crippen molar-refractivity contribution >= 4 is 5.69 Å². The Balaban J connectivity index is 1.71. The lowest BCUT2D eigenvalue weighted by Crippen LogP contribution is -2.10. The third kappa shape index (κ3) is 3.74. The second-order valence-electron chi connectivity index (χ2n) is 5.10. The average Bonchev–Trinajstić information content (AvgIpc) is 3.11. The maximum absolute atomic E-state index is 11.2. The van der Waals surface area contributed by atoms with E-state index in [4.69, 9.17) is 9.47 Å². The van der Waals surface area contributed by atoms with Crippen molar-refractivity contribution in [3.8, 4) is 23.0 Å². The highest BCUT2D eigenvalue weighted by Gasteiger charge is 2.16. The van der Waals surface area contributed by atoms with Crippen molar-refractivity contribution in [1.29, 1.82) is 0 Å². The first kappa shape index (κ1) is 16.4. The Labute approximate surface area is 143 Å². The lowest BCUT2D eigenvalue weighted by Gasteiger charge is -2.10. The normalized spacial score (nSPS) is 10.4. The molecule has 128 valence electrons. The molecule has 0 aliphatic rings. The van der Waals surface area contributed by atoms with Crippen LogP contribution >= 0.6 is 0 Å². The number of pyridine rings is 1. The second kappa shape index (κ2) is 7.43. The molecule has 0 bridgehead atoms. The number of aromatic nitrogens is 3. The maximum atomic E-state index is 11.2. The zero-order chi connectivity index (χ0) is 17.6. The predicted molar refractivity (Wildman–Crippen MR) is 90.6 cm³/mol. The van der Waals surface area contributed by atoms with E-state index in [0.29, 0.717) is 18.1 Å². The molecule has 0 unspecified atom stereocenters. The molecule has 0 fully saturated rings. The van der Waals surface area contributed by atoms with Gasteiger partial charge in [0, 0.05) is 18.6 Å². The van der Waals surface area contributed by atoms with Crippen LogP contribution in [0.5, 0.6) is 11.5 Å². The molecule has 8 nitrogen and oxygen atoms in total. The molecule has 0 atom stereocenters. The Morgan fingerprint density at radius 1 is 1.20 bits per heavy atom. The van der Waals surface area contributed by atoms with Crippen LogP contribution in [-0.4, -0.2) is 33.2 Å². The second-order valence-corrected chi connectivity index (χ2v) is 5.10. The monoisotopic (exact) mass is 340 g/mol. The first-order chi connectivity index (χ1) is 12.2. The van der Waals surface area contributed by atoms with Gasteiger partial charge in [0.15, 0.2) is 11.6 Å². The van der Waals surface area contributed by atoms with E-state index in [1.54, 1.807) is 18.5 Å². The minimum absolute atomic E-state index is 0.130. The number of benzene rings is 1. The summed E-state index contributed by atoms with van der Waals surface area (Å²) in [5.74, 6) is 1.32. The van der Waals surface area contributed by atoms with E-state index >= 15 is 0 Å². The molecule has 0 amide bonds. The molecule has 8 heteroatoms. The maximum Gasteiger partial charge on any atom is 0.314 e. The van der Waals surface area contributed by atoms with E-state index in [2.05, 4.69) is 9.97 Å². The first-order valence-electron chi connectivity index (χ1n) is 7.57. The number of methoxy groups -OCH3 is 1. The summed E-state index contributed by atoms with van der Waals surface area (Å²) in [5, 5.41) is 11.2. The molecule has 2 aromatic heterocycles. The van der Waals surface area contributed by atoms with Crippen molar-refractivity contribution in [2.24, 2.45) is 0 Å². The van der Waals surface area contributed by atoms with Gasteiger partial charge < -0.3 is 14.0 Å². The molecule has 0 aliphatic carbocycles. The van der Waals surface area contributed by atoms with Crippen molar-refractivity contribution in [2.75, 3.05) is 13.7 Å². The molecular formula is C17H16N4O4. The average molecular weight is 340 g/mol. The molecular weight excluding hydrogens is 324 g/mol. The number of nitro benzene ring substituents is 1. The van der Waals surface area contributed by atoms with Crippen LogP contribution in [0.15, 0.2) is 55.0 Å². The smallest absolute Gasteiger partial charge is 0.314 e. The van der Waals surface area contributed by atoms with Gasteiger partial charge in [-0.2, -0.15) is 0 Å². The van der Waals surface area contributed by atoms with Gasteiger partial charge in [-0.15, -0.1) is 0 Å². The van der Waals surface area contributed by atoms with Crippen LogP contribution in [0.25, 0.3) is 11.5 Å². The summed E-state index contributed by atoms with van der Waals surface area (Å²) in [4.78, 5) is 19.3. The molecule has 0 radical (unpaired) electrons. The van der Waals surface area contributed by atoms with E-state index in [-0.39, 0.29) is 18.0 Å². The highest BCUT2D eigenvalue weighted by Crippen LogP contribution is 2.31. The quantitative estimate of drug-likeness (QED) is 0.485. The fourth-order valence-corrected chi connectivity index (χ4v) is 2.36. The third-order valence-electron chi connectivity index (χ3n) is 3.56. The zero-order valence-electron chi connectivity index (χ0n) is 13.5. The van der Waals surface area contributed by atoms with Crippen molar-refractivity contribution in [3.05, 3.63) is 65.1 Å². The van der Waals surface area contributed by atoms with Gasteiger partial charge in [0.1, 0.15) is 18.1 Å². The lowest BCUT2D eigenvalue weighted by molar-refractivity contribution is -0.385. The summed E-state index contributed by atoms with van der Waals surface area (Å²) in [6.07, 6.45) is 5.20. The van der Waals surface area contributed by atoms with Gasteiger partial charge in [-0.3, -0.25) is 15.1 Å². The Morgan fingerprint density at radius 2 is 2.08 bits per heavy atom. The Kier molecular flexibility index (Phi) is 4.89. The largest absolute Gasteiger partial charge is 0.496 e. The summed E-state index contributed by atoms with van der Waals surface area (Å²) in [6, 6.07) is 10.1. The summed E-state index contributed by atoms with van der Waals surface area (Å²) < 4.78 is 12.5. The number of imidazole rings is 1. The fourth-order valence-electron chi connectivity index (χ4n) is 2.36. The topological polar surface area (TPSA) is 92.3 Å². The number of hydrogen-bond donors (Lipinski definition) is 0. The van der Waals surface area contributed by atoms with Crippen LogP contribution in [0, 0.1) is 10.1 Å². The molecule has 0 aliphatic heterocycles. The summed E-state index contributed by atoms with van der Waals surface area (Å²) in [6.45, 7) is 0.735. The summed E-state index contributed by atoms with van der Waals surface area (Å²) >= 11 is 0. The molecule has 0 saturated carbocycles. The van der Waals surface area contributed by atoms with Crippen LogP contribution in [-0.2, 0) is 6.54 Å². The fraction of sp³-hybridized carbons (Fsp3) is 0.176. The standard InChI is InChI=1S/C17H16N4O4/c1-24-13-5-6-16(15(12-13)21(22)23)25-11-10-20-9-8-19-17(20)14-4-2-3-7-18-14/h2-9,12H,10-11H2,1H3. The molecule has 0 saturated heterocycles. The minimum atomic E-state index is -0.492. The highest BCUT2D eigenvalue weighted by molar-refractivity contribution is 5.51. The van der Waals surface area contributed by atoms with Gasteiger partial charge in [-0.25, -0.2) is 4.98 Å². The van der Waals surface area contributed by atoms with Gasteiger partial charge >= 0.3 is 5.69 Å². The van der Waals surface area contributed by atoms with Crippen molar-refractivity contribution in [3.63, 3.8) is 0 Å². The van der Waals surface area contributed by atoms with Gasteiger partial charge in [0.25, 0.3) is 0 Å². The van der Waals surface area contributed by atoms with Gasteiger partial charge in [0.2, 0.25) is 0 Å². The molecule has 25 heavy (non-hydrogen) atoms. The molecule has 0 spiro atoms. The van der Waals surface area contributed by atoms with E-state index in [0.717, 1.165) is 5.69 Å². The zero-order valence-corrected chi connectivity index (χ0v) is 13.5. The van der Waals surface area contributed by atoms with Crippen LogP contribution in [0.4, 0.5) is 5.69 Å². The number of nitrogens with zero attached hydrogens (tertiary/aromatic N) is 4. The van der Waals surface area contributed by atoms with E-state index in [1.807, 2.05) is 29.0 Å². The Bertz CT molecular complexity index is 864. The number of nitro groups is 1. The highest BCUT2D eigenvalue weighted by atomic mass is 16.6. The SMILES string of the molecule is COc1ccc(OCCn2ccnc2-c2ccccn2)c([N+](=O)[O-])c1. The van der Waals surface area contributed by atoms with Crippen LogP contribution < -0.4 is 9.47 Å². The number of hydrogen-bond acceptors (Lipinski definition) is 6. The Morgan fingerprint density at radius 3 is 2.80 bits per heavy atom. The molecule has 3 aromatic rings. The summed E-state index contributed by atoms with van der Waals surface area (Å²) in [5.41, 5.74) is 0.623. The van der Waals surface area contributed by atoms with E-state index < -0.39 is 4.92 Å². The molecule has 2 heterocycles. The number of rotatable bonds is 7. The Hall–Kier alpha value is -3.42. The van der Waals surface area contributed by atoms with Crippen LogP contribution in [0.1, 0.15) is 0 Å². The van der Waals surface area contributed by atoms with Crippen molar-refractivity contribution < 1.29 is 14.4 Å². The summed E-state index contributed by atoms with van der Waals surface area (Å²) in [7, 11) is 1.46. The van der Waals surface area contributed by atoms with E-state index in [1.165, 1.54) is 19.2 Å². The van der Waals surface area contributed by atoms with Crippen LogP contribution in [0.3, 0.4) is 0 Å². The van der Waals surface area contributed by atoms with Crippen molar-refractivity contribution in [1.82, 2.24) is 14.5 Å². The van der Waals surface area contributed by atoms with Crippen LogP contribution in [0.2, 0.25) is 0 Å². The van der Waals surface area contributed by atoms with Gasteiger partial charge in [0.05, 0.1) is 24.6 Å². The minimum Gasteiger partial charge on any atom is -0.496 e. The lowest BCUT2D eigenvalue weighted by atomic mass is 10.3.